The van der Waals surface area contributed by atoms with Gasteiger partial charge in [-0.05, 0) is 42.7 Å². The monoisotopic (exact) mass is 355 g/mol. The standard InChI is InChI=1S/C17H13Cl2F2NO/c18-9-4-5-10(12(19)8-9)11-6-7-15(11)22-17(23)16-13(20)2-1-3-14(16)21/h1-5,8,11,15H,6-7H2,(H,22,23)/t11-,15+/m0/s1. The minimum atomic E-state index is -0.872. The second kappa shape index (κ2) is 6.46. The van der Waals surface area contributed by atoms with Gasteiger partial charge in [0.2, 0.25) is 0 Å². The number of halogens is 4. The summed E-state index contributed by atoms with van der Waals surface area (Å²) in [5, 5.41) is 3.75. The van der Waals surface area contributed by atoms with E-state index in [4.69, 9.17) is 23.2 Å². The summed E-state index contributed by atoms with van der Waals surface area (Å²) in [6.45, 7) is 0. The van der Waals surface area contributed by atoms with Gasteiger partial charge in [-0.3, -0.25) is 4.79 Å². The molecule has 2 aromatic rings. The van der Waals surface area contributed by atoms with Crippen LogP contribution in [0.2, 0.25) is 10.0 Å². The van der Waals surface area contributed by atoms with Gasteiger partial charge in [-0.2, -0.15) is 0 Å². The molecule has 1 amide bonds. The Kier molecular flexibility index (Phi) is 4.55. The molecule has 0 unspecified atom stereocenters. The molecule has 0 aromatic heterocycles. The van der Waals surface area contributed by atoms with Crippen LogP contribution in [0.5, 0.6) is 0 Å². The summed E-state index contributed by atoms with van der Waals surface area (Å²) in [6.07, 6.45) is 1.57. The minimum Gasteiger partial charge on any atom is -0.349 e. The van der Waals surface area contributed by atoms with E-state index < -0.39 is 23.1 Å². The molecule has 0 radical (unpaired) electrons. The molecular weight excluding hydrogens is 343 g/mol. The third-order valence-electron chi connectivity index (χ3n) is 4.14. The zero-order chi connectivity index (χ0) is 16.6. The van der Waals surface area contributed by atoms with E-state index in [1.54, 1.807) is 12.1 Å². The number of benzene rings is 2. The maximum Gasteiger partial charge on any atom is 0.257 e. The van der Waals surface area contributed by atoms with E-state index in [0.29, 0.717) is 10.0 Å². The van der Waals surface area contributed by atoms with Gasteiger partial charge in [-0.25, -0.2) is 8.78 Å². The van der Waals surface area contributed by atoms with Crippen molar-refractivity contribution in [2.24, 2.45) is 0 Å². The molecule has 1 N–H and O–H groups in total. The third kappa shape index (κ3) is 3.19. The SMILES string of the molecule is O=C(N[C@@H]1CC[C@H]1c1ccc(Cl)cc1Cl)c1c(F)cccc1F. The Labute approximate surface area is 142 Å². The van der Waals surface area contributed by atoms with Crippen molar-refractivity contribution in [3.05, 3.63) is 69.2 Å². The van der Waals surface area contributed by atoms with E-state index in [1.807, 2.05) is 6.07 Å². The zero-order valence-electron chi connectivity index (χ0n) is 12.0. The summed E-state index contributed by atoms with van der Waals surface area (Å²) in [5.74, 6) is -2.48. The van der Waals surface area contributed by atoms with Gasteiger partial charge in [0.1, 0.15) is 17.2 Å². The topological polar surface area (TPSA) is 29.1 Å². The summed E-state index contributed by atoms with van der Waals surface area (Å²) in [5.41, 5.74) is 0.321. The first-order valence-electron chi connectivity index (χ1n) is 7.17. The fraction of sp³-hybridized carbons (Fsp3) is 0.235. The Morgan fingerprint density at radius 1 is 1.09 bits per heavy atom. The van der Waals surface area contributed by atoms with Crippen LogP contribution in [-0.4, -0.2) is 11.9 Å². The maximum absolute atomic E-state index is 13.7. The molecule has 1 fully saturated rings. The van der Waals surface area contributed by atoms with Crippen LogP contribution < -0.4 is 5.32 Å². The van der Waals surface area contributed by atoms with Gasteiger partial charge in [0.15, 0.2) is 0 Å². The second-order valence-corrected chi connectivity index (χ2v) is 6.37. The Balaban J connectivity index is 1.77. The van der Waals surface area contributed by atoms with Crippen molar-refractivity contribution in [3.8, 4) is 0 Å². The summed E-state index contributed by atoms with van der Waals surface area (Å²) in [4.78, 5) is 12.2. The van der Waals surface area contributed by atoms with E-state index in [-0.39, 0.29) is 12.0 Å². The Morgan fingerprint density at radius 3 is 2.35 bits per heavy atom. The molecule has 0 bridgehead atoms. The van der Waals surface area contributed by atoms with Crippen molar-refractivity contribution in [1.82, 2.24) is 5.32 Å². The number of carbonyl (C=O) groups excluding carboxylic acids is 1. The first kappa shape index (κ1) is 16.2. The largest absolute Gasteiger partial charge is 0.349 e. The molecule has 1 aliphatic rings. The lowest BCUT2D eigenvalue weighted by Crippen LogP contribution is -2.46. The van der Waals surface area contributed by atoms with E-state index in [2.05, 4.69) is 5.32 Å². The molecule has 2 nitrogen and oxygen atoms in total. The summed E-state index contributed by atoms with van der Waals surface area (Å²) < 4.78 is 27.3. The molecule has 2 aromatic carbocycles. The van der Waals surface area contributed by atoms with E-state index >= 15 is 0 Å². The van der Waals surface area contributed by atoms with Crippen LogP contribution in [0.25, 0.3) is 0 Å². The molecule has 1 aliphatic carbocycles. The highest BCUT2D eigenvalue weighted by Crippen LogP contribution is 2.41. The van der Waals surface area contributed by atoms with Crippen molar-refractivity contribution in [3.63, 3.8) is 0 Å². The number of hydrogen-bond donors (Lipinski definition) is 1. The van der Waals surface area contributed by atoms with Crippen LogP contribution in [0, 0.1) is 11.6 Å². The van der Waals surface area contributed by atoms with Gasteiger partial charge in [0, 0.05) is 22.0 Å². The van der Waals surface area contributed by atoms with Crippen LogP contribution in [-0.2, 0) is 0 Å². The summed E-state index contributed by atoms with van der Waals surface area (Å²) >= 11 is 12.1. The lowest BCUT2D eigenvalue weighted by Gasteiger charge is -2.38. The van der Waals surface area contributed by atoms with E-state index in [0.717, 1.165) is 30.5 Å². The van der Waals surface area contributed by atoms with Gasteiger partial charge < -0.3 is 5.32 Å². The van der Waals surface area contributed by atoms with Crippen LogP contribution >= 0.6 is 23.2 Å². The molecule has 0 spiro atoms. The molecular formula is C17H13Cl2F2NO. The van der Waals surface area contributed by atoms with Crippen molar-refractivity contribution < 1.29 is 13.6 Å². The predicted molar refractivity (Wildman–Crippen MR) is 86.0 cm³/mol. The smallest absolute Gasteiger partial charge is 0.257 e. The molecule has 120 valence electrons. The first-order valence-corrected chi connectivity index (χ1v) is 7.93. The summed E-state index contributed by atoms with van der Waals surface area (Å²) in [6, 6.07) is 8.33. The highest BCUT2D eigenvalue weighted by Gasteiger charge is 2.35. The Morgan fingerprint density at radius 2 is 1.78 bits per heavy atom. The first-order chi connectivity index (χ1) is 11.0. The Hall–Kier alpha value is -1.65. The number of hydrogen-bond acceptors (Lipinski definition) is 1. The maximum atomic E-state index is 13.7. The molecule has 0 saturated heterocycles. The van der Waals surface area contributed by atoms with Gasteiger partial charge >= 0.3 is 0 Å². The third-order valence-corrected chi connectivity index (χ3v) is 4.71. The summed E-state index contributed by atoms with van der Waals surface area (Å²) in [7, 11) is 0. The highest BCUT2D eigenvalue weighted by molar-refractivity contribution is 6.35. The highest BCUT2D eigenvalue weighted by atomic mass is 35.5. The van der Waals surface area contributed by atoms with Crippen LogP contribution in [0.4, 0.5) is 8.78 Å². The molecule has 6 heteroatoms. The fourth-order valence-corrected chi connectivity index (χ4v) is 3.35. The van der Waals surface area contributed by atoms with Gasteiger partial charge in [-0.1, -0.05) is 35.3 Å². The number of rotatable bonds is 3. The number of amides is 1. The van der Waals surface area contributed by atoms with Crippen molar-refractivity contribution in [2.75, 3.05) is 0 Å². The average Bonchev–Trinajstić information content (AvgIpc) is 2.46. The molecule has 2 atom stereocenters. The molecule has 0 heterocycles. The number of nitrogens with one attached hydrogen (secondary N) is 1. The molecule has 23 heavy (non-hydrogen) atoms. The van der Waals surface area contributed by atoms with Crippen LogP contribution in [0.1, 0.15) is 34.7 Å². The fourth-order valence-electron chi connectivity index (χ4n) is 2.80. The minimum absolute atomic E-state index is 0.0125. The number of carbonyl (C=O) groups is 1. The molecule has 1 saturated carbocycles. The zero-order valence-corrected chi connectivity index (χ0v) is 13.5. The van der Waals surface area contributed by atoms with Gasteiger partial charge in [-0.15, -0.1) is 0 Å². The lowest BCUT2D eigenvalue weighted by atomic mass is 9.75. The van der Waals surface area contributed by atoms with Crippen molar-refractivity contribution >= 4 is 29.1 Å². The van der Waals surface area contributed by atoms with Crippen molar-refractivity contribution in [2.45, 2.75) is 24.8 Å². The van der Waals surface area contributed by atoms with Gasteiger partial charge in [0.25, 0.3) is 5.91 Å². The van der Waals surface area contributed by atoms with Gasteiger partial charge in [0.05, 0.1) is 0 Å². The normalized spacial score (nSPS) is 20.0. The second-order valence-electron chi connectivity index (χ2n) is 5.53. The predicted octanol–water partition coefficient (Wildman–Crippen LogP) is 4.95. The van der Waals surface area contributed by atoms with Crippen LogP contribution in [0.3, 0.4) is 0 Å². The lowest BCUT2D eigenvalue weighted by molar-refractivity contribution is 0.0896. The van der Waals surface area contributed by atoms with E-state index in [9.17, 15) is 13.6 Å². The van der Waals surface area contributed by atoms with Crippen LogP contribution in [0.15, 0.2) is 36.4 Å². The molecule has 3 rings (SSSR count). The average molecular weight is 356 g/mol. The Bertz CT molecular complexity index is 746. The van der Waals surface area contributed by atoms with E-state index in [1.165, 1.54) is 6.07 Å². The van der Waals surface area contributed by atoms with Crippen molar-refractivity contribution in [1.29, 1.82) is 0 Å². The molecule has 0 aliphatic heterocycles. The quantitative estimate of drug-likeness (QED) is 0.829.